The second-order valence-electron chi connectivity index (χ2n) is 5.26. The molecule has 20 heavy (non-hydrogen) atoms. The monoisotopic (exact) mass is 287 g/mol. The molecule has 0 amide bonds. The topological polar surface area (TPSA) is 12.5 Å². The molecule has 0 saturated carbocycles. The van der Waals surface area contributed by atoms with Gasteiger partial charge in [0.05, 0.1) is 18.8 Å². The zero-order valence-electron chi connectivity index (χ0n) is 11.7. The highest BCUT2D eigenvalue weighted by Crippen LogP contribution is 2.30. The maximum Gasteiger partial charge on any atom is 0.416 e. The summed E-state index contributed by atoms with van der Waals surface area (Å²) in [4.78, 5) is 2.30. The third-order valence-electron chi connectivity index (χ3n) is 3.51. The summed E-state index contributed by atoms with van der Waals surface area (Å²) in [6.07, 6.45) is -2.70. The Morgan fingerprint density at radius 2 is 1.85 bits per heavy atom. The normalized spacial score (nSPS) is 17.4. The van der Waals surface area contributed by atoms with Crippen molar-refractivity contribution < 1.29 is 17.9 Å². The fourth-order valence-electron chi connectivity index (χ4n) is 2.50. The van der Waals surface area contributed by atoms with Crippen molar-refractivity contribution >= 4 is 0 Å². The average Bonchev–Trinajstić information content (AvgIpc) is 2.38. The summed E-state index contributed by atoms with van der Waals surface area (Å²) in [5, 5.41) is 0. The molecule has 2 nitrogen and oxygen atoms in total. The highest BCUT2D eigenvalue weighted by Gasteiger charge is 2.30. The molecule has 1 saturated heterocycles. The molecule has 0 aromatic heterocycles. The molecule has 1 aromatic carbocycles. The fraction of sp³-hybridized carbons (Fsp3) is 0.600. The Morgan fingerprint density at radius 1 is 1.15 bits per heavy atom. The number of halogens is 3. The summed E-state index contributed by atoms with van der Waals surface area (Å²) in [6, 6.07) is 4.31. The molecular formula is C15H20F3NO. The van der Waals surface area contributed by atoms with Gasteiger partial charge < -0.3 is 4.74 Å². The van der Waals surface area contributed by atoms with Crippen LogP contribution in [0.2, 0.25) is 0 Å². The fourth-order valence-corrected chi connectivity index (χ4v) is 2.50. The van der Waals surface area contributed by atoms with Crippen molar-refractivity contribution in [1.82, 2.24) is 4.90 Å². The molecule has 1 aliphatic rings. The van der Waals surface area contributed by atoms with Crippen molar-refractivity contribution in [1.29, 1.82) is 0 Å². The third kappa shape index (κ3) is 4.49. The molecule has 0 N–H and O–H groups in total. The smallest absolute Gasteiger partial charge is 0.379 e. The van der Waals surface area contributed by atoms with Gasteiger partial charge in [-0.1, -0.05) is 11.6 Å². The van der Waals surface area contributed by atoms with Crippen LogP contribution < -0.4 is 0 Å². The minimum absolute atomic E-state index is 0.543. The molecule has 1 fully saturated rings. The number of rotatable bonds is 4. The van der Waals surface area contributed by atoms with Gasteiger partial charge >= 0.3 is 6.18 Å². The molecule has 1 aromatic rings. The molecule has 5 heteroatoms. The first-order valence-electron chi connectivity index (χ1n) is 6.93. The van der Waals surface area contributed by atoms with E-state index in [0.29, 0.717) is 12.0 Å². The Balaban J connectivity index is 1.90. The number of nitrogens with zero attached hydrogens (tertiary/aromatic N) is 1. The first kappa shape index (κ1) is 15.3. The SMILES string of the molecule is Cc1cc(CCCN2CCOCC2)cc(C(F)(F)F)c1. The van der Waals surface area contributed by atoms with E-state index in [1.54, 1.807) is 6.92 Å². The Morgan fingerprint density at radius 3 is 2.50 bits per heavy atom. The third-order valence-corrected chi connectivity index (χ3v) is 3.51. The van der Waals surface area contributed by atoms with Crippen molar-refractivity contribution in [2.45, 2.75) is 25.9 Å². The maximum atomic E-state index is 12.7. The standard InChI is InChI=1S/C15H20F3NO/c1-12-9-13(11-14(10-12)15(16,17)18)3-2-4-19-5-7-20-8-6-19/h9-11H,2-8H2,1H3. The zero-order valence-corrected chi connectivity index (χ0v) is 11.7. The molecule has 0 aliphatic carbocycles. The molecule has 0 spiro atoms. The molecular weight excluding hydrogens is 267 g/mol. The molecule has 112 valence electrons. The van der Waals surface area contributed by atoms with Gasteiger partial charge in [-0.2, -0.15) is 13.2 Å². The van der Waals surface area contributed by atoms with Crippen molar-refractivity contribution in [2.75, 3.05) is 32.8 Å². The summed E-state index contributed by atoms with van der Waals surface area (Å²) >= 11 is 0. The van der Waals surface area contributed by atoms with Crippen LogP contribution in [0.25, 0.3) is 0 Å². The quantitative estimate of drug-likeness (QED) is 0.842. The Bertz CT molecular complexity index is 439. The van der Waals surface area contributed by atoms with E-state index < -0.39 is 11.7 Å². The maximum absolute atomic E-state index is 12.7. The predicted octanol–water partition coefficient (Wildman–Crippen LogP) is 3.28. The summed E-state index contributed by atoms with van der Waals surface area (Å²) in [5.74, 6) is 0. The number of ether oxygens (including phenoxy) is 1. The van der Waals surface area contributed by atoms with E-state index in [9.17, 15) is 13.2 Å². The Hall–Kier alpha value is -1.07. The van der Waals surface area contributed by atoms with Gasteiger partial charge in [0, 0.05) is 13.1 Å². The van der Waals surface area contributed by atoms with Crippen LogP contribution in [0, 0.1) is 6.92 Å². The zero-order chi connectivity index (χ0) is 14.6. The summed E-state index contributed by atoms with van der Waals surface area (Å²) in [7, 11) is 0. The van der Waals surface area contributed by atoms with Gasteiger partial charge in [0.25, 0.3) is 0 Å². The Kier molecular flexibility index (Phi) is 5.05. The summed E-state index contributed by atoms with van der Waals surface area (Å²) < 4.78 is 43.5. The van der Waals surface area contributed by atoms with Crippen molar-refractivity contribution in [3.8, 4) is 0 Å². The molecule has 0 unspecified atom stereocenters. The van der Waals surface area contributed by atoms with E-state index in [1.165, 1.54) is 12.1 Å². The van der Waals surface area contributed by atoms with Crippen LogP contribution in [-0.4, -0.2) is 37.7 Å². The van der Waals surface area contributed by atoms with E-state index in [4.69, 9.17) is 4.74 Å². The lowest BCUT2D eigenvalue weighted by Crippen LogP contribution is -2.36. The van der Waals surface area contributed by atoms with Gasteiger partial charge in [-0.3, -0.25) is 4.90 Å². The number of hydrogen-bond acceptors (Lipinski definition) is 2. The highest BCUT2D eigenvalue weighted by molar-refractivity contribution is 5.31. The highest BCUT2D eigenvalue weighted by atomic mass is 19.4. The van der Waals surface area contributed by atoms with Crippen LogP contribution in [0.4, 0.5) is 13.2 Å². The largest absolute Gasteiger partial charge is 0.416 e. The molecule has 2 rings (SSSR count). The second kappa shape index (κ2) is 6.59. The summed E-state index contributed by atoms with van der Waals surface area (Å²) in [6.45, 7) is 5.97. The Labute approximate surface area is 117 Å². The van der Waals surface area contributed by atoms with E-state index >= 15 is 0 Å². The predicted molar refractivity (Wildman–Crippen MR) is 71.8 cm³/mol. The van der Waals surface area contributed by atoms with Crippen LogP contribution in [0.15, 0.2) is 18.2 Å². The van der Waals surface area contributed by atoms with Crippen molar-refractivity contribution in [2.24, 2.45) is 0 Å². The van der Waals surface area contributed by atoms with E-state index in [2.05, 4.69) is 4.90 Å². The first-order chi connectivity index (χ1) is 9.45. The summed E-state index contributed by atoms with van der Waals surface area (Å²) in [5.41, 5.74) is 0.894. The van der Waals surface area contributed by atoms with Gasteiger partial charge in [-0.05, 0) is 44.0 Å². The lowest BCUT2D eigenvalue weighted by molar-refractivity contribution is -0.137. The van der Waals surface area contributed by atoms with Gasteiger partial charge in [0.15, 0.2) is 0 Å². The van der Waals surface area contributed by atoms with Gasteiger partial charge in [-0.25, -0.2) is 0 Å². The average molecular weight is 287 g/mol. The van der Waals surface area contributed by atoms with Crippen molar-refractivity contribution in [3.63, 3.8) is 0 Å². The van der Waals surface area contributed by atoms with Crippen LogP contribution in [0.1, 0.15) is 23.1 Å². The van der Waals surface area contributed by atoms with Crippen LogP contribution in [0.3, 0.4) is 0 Å². The number of morpholine rings is 1. The number of aryl methyl sites for hydroxylation is 2. The molecule has 1 aliphatic heterocycles. The lowest BCUT2D eigenvalue weighted by atomic mass is 10.0. The van der Waals surface area contributed by atoms with Gasteiger partial charge in [-0.15, -0.1) is 0 Å². The van der Waals surface area contributed by atoms with Crippen molar-refractivity contribution in [3.05, 3.63) is 34.9 Å². The van der Waals surface area contributed by atoms with Crippen LogP contribution in [0.5, 0.6) is 0 Å². The van der Waals surface area contributed by atoms with Crippen LogP contribution in [-0.2, 0) is 17.3 Å². The second-order valence-corrected chi connectivity index (χ2v) is 5.26. The van der Waals surface area contributed by atoms with Crippen LogP contribution >= 0.6 is 0 Å². The number of hydrogen-bond donors (Lipinski definition) is 0. The number of benzene rings is 1. The number of alkyl halides is 3. The minimum Gasteiger partial charge on any atom is -0.379 e. The van der Waals surface area contributed by atoms with E-state index in [-0.39, 0.29) is 0 Å². The minimum atomic E-state index is -4.26. The lowest BCUT2D eigenvalue weighted by Gasteiger charge is -2.26. The molecule has 0 atom stereocenters. The first-order valence-corrected chi connectivity index (χ1v) is 6.93. The molecule has 0 radical (unpaired) electrons. The molecule has 1 heterocycles. The van der Waals surface area contributed by atoms with E-state index in [1.807, 2.05) is 6.07 Å². The van der Waals surface area contributed by atoms with E-state index in [0.717, 1.165) is 44.8 Å². The van der Waals surface area contributed by atoms with Gasteiger partial charge in [0.2, 0.25) is 0 Å². The molecule has 0 bridgehead atoms. The van der Waals surface area contributed by atoms with Gasteiger partial charge in [0.1, 0.15) is 0 Å².